The summed E-state index contributed by atoms with van der Waals surface area (Å²) in [5.74, 6) is 0.0732. The third-order valence-electron chi connectivity index (χ3n) is 4.58. The molecule has 0 unspecified atom stereocenters. The molecule has 2 aliphatic carbocycles. The molecular formula is C14H22O3. The molecule has 0 radical (unpaired) electrons. The van der Waals surface area contributed by atoms with Crippen molar-refractivity contribution < 1.29 is 14.6 Å². The van der Waals surface area contributed by atoms with E-state index in [-0.39, 0.29) is 29.5 Å². The summed E-state index contributed by atoms with van der Waals surface area (Å²) >= 11 is 0. The summed E-state index contributed by atoms with van der Waals surface area (Å²) < 4.78 is 5.43. The normalized spacial score (nSPS) is 43.5. The average molecular weight is 238 g/mol. The fraction of sp³-hybridized carbons (Fsp3) is 0.786. The van der Waals surface area contributed by atoms with E-state index in [4.69, 9.17) is 4.74 Å². The third-order valence-corrected chi connectivity index (χ3v) is 4.58. The second kappa shape index (κ2) is 4.45. The zero-order valence-corrected chi connectivity index (χ0v) is 10.9. The summed E-state index contributed by atoms with van der Waals surface area (Å²) in [6, 6.07) is 0. The van der Waals surface area contributed by atoms with Crippen molar-refractivity contribution in [3.8, 4) is 0 Å². The molecule has 0 aromatic carbocycles. The SMILES string of the molecule is CC=C1[C@@H](O)C[C@H]2[C@@H](OC(C)=O)CCC[C@]12C. The van der Waals surface area contributed by atoms with E-state index in [9.17, 15) is 9.90 Å². The highest BCUT2D eigenvalue weighted by Gasteiger charge is 2.52. The van der Waals surface area contributed by atoms with Crippen molar-refractivity contribution in [2.24, 2.45) is 11.3 Å². The van der Waals surface area contributed by atoms with Crippen LogP contribution in [0.1, 0.15) is 46.5 Å². The number of ether oxygens (including phenoxy) is 1. The largest absolute Gasteiger partial charge is 0.462 e. The van der Waals surface area contributed by atoms with Crippen LogP contribution in [0.25, 0.3) is 0 Å². The van der Waals surface area contributed by atoms with Crippen molar-refractivity contribution in [2.75, 3.05) is 0 Å². The first-order valence-electron chi connectivity index (χ1n) is 6.51. The first kappa shape index (κ1) is 12.6. The highest BCUT2D eigenvalue weighted by molar-refractivity contribution is 5.66. The zero-order valence-electron chi connectivity index (χ0n) is 10.9. The van der Waals surface area contributed by atoms with Crippen LogP contribution in [-0.4, -0.2) is 23.3 Å². The molecular weight excluding hydrogens is 216 g/mol. The third kappa shape index (κ3) is 2.01. The van der Waals surface area contributed by atoms with Gasteiger partial charge in [0, 0.05) is 12.8 Å². The Kier molecular flexibility index (Phi) is 3.30. The van der Waals surface area contributed by atoms with Gasteiger partial charge in [-0.05, 0) is 43.6 Å². The second-order valence-electron chi connectivity index (χ2n) is 5.56. The minimum atomic E-state index is -0.355. The number of allylic oxidation sites excluding steroid dienone is 1. The van der Waals surface area contributed by atoms with Gasteiger partial charge in [0.05, 0.1) is 6.10 Å². The van der Waals surface area contributed by atoms with Crippen LogP contribution in [0.5, 0.6) is 0 Å². The van der Waals surface area contributed by atoms with Crippen LogP contribution in [0.3, 0.4) is 0 Å². The summed E-state index contributed by atoms with van der Waals surface area (Å²) in [6.45, 7) is 5.66. The van der Waals surface area contributed by atoms with Crippen molar-refractivity contribution in [3.63, 3.8) is 0 Å². The number of rotatable bonds is 1. The van der Waals surface area contributed by atoms with Crippen LogP contribution in [0.15, 0.2) is 11.6 Å². The lowest BCUT2D eigenvalue weighted by Gasteiger charge is -2.41. The van der Waals surface area contributed by atoms with E-state index in [1.807, 2.05) is 13.0 Å². The Morgan fingerprint density at radius 3 is 2.88 bits per heavy atom. The quantitative estimate of drug-likeness (QED) is 0.564. The van der Waals surface area contributed by atoms with Crippen molar-refractivity contribution in [3.05, 3.63) is 11.6 Å². The van der Waals surface area contributed by atoms with Crippen LogP contribution in [-0.2, 0) is 9.53 Å². The van der Waals surface area contributed by atoms with Crippen LogP contribution >= 0.6 is 0 Å². The molecule has 0 spiro atoms. The Morgan fingerprint density at radius 2 is 2.29 bits per heavy atom. The molecule has 17 heavy (non-hydrogen) atoms. The van der Waals surface area contributed by atoms with Crippen molar-refractivity contribution >= 4 is 5.97 Å². The van der Waals surface area contributed by atoms with Crippen LogP contribution < -0.4 is 0 Å². The fourth-order valence-corrected chi connectivity index (χ4v) is 3.86. The summed E-state index contributed by atoms with van der Waals surface area (Å²) in [6.07, 6.45) is 5.49. The topological polar surface area (TPSA) is 46.5 Å². The van der Waals surface area contributed by atoms with Crippen LogP contribution in [0, 0.1) is 11.3 Å². The van der Waals surface area contributed by atoms with Gasteiger partial charge in [-0.25, -0.2) is 0 Å². The van der Waals surface area contributed by atoms with Gasteiger partial charge < -0.3 is 9.84 Å². The van der Waals surface area contributed by atoms with E-state index >= 15 is 0 Å². The van der Waals surface area contributed by atoms with Gasteiger partial charge in [-0.2, -0.15) is 0 Å². The first-order valence-corrected chi connectivity index (χ1v) is 6.51. The number of aliphatic hydroxyl groups is 1. The monoisotopic (exact) mass is 238 g/mol. The molecule has 0 amide bonds. The molecule has 0 aromatic heterocycles. The van der Waals surface area contributed by atoms with Gasteiger partial charge in [0.15, 0.2) is 0 Å². The minimum Gasteiger partial charge on any atom is -0.462 e. The maximum Gasteiger partial charge on any atom is 0.302 e. The summed E-state index contributed by atoms with van der Waals surface area (Å²) in [5.41, 5.74) is 1.16. The maximum atomic E-state index is 11.1. The molecule has 2 saturated carbocycles. The van der Waals surface area contributed by atoms with Gasteiger partial charge >= 0.3 is 5.97 Å². The molecule has 0 bridgehead atoms. The Labute approximate surface area is 103 Å². The van der Waals surface area contributed by atoms with Crippen molar-refractivity contribution in [1.29, 1.82) is 0 Å². The summed E-state index contributed by atoms with van der Waals surface area (Å²) in [4.78, 5) is 11.1. The Hall–Kier alpha value is -0.830. The van der Waals surface area contributed by atoms with Gasteiger partial charge in [0.25, 0.3) is 0 Å². The fourth-order valence-electron chi connectivity index (χ4n) is 3.86. The van der Waals surface area contributed by atoms with Crippen LogP contribution in [0.4, 0.5) is 0 Å². The number of carbonyl (C=O) groups excluding carboxylic acids is 1. The molecule has 0 saturated heterocycles. The number of hydrogen-bond acceptors (Lipinski definition) is 3. The molecule has 96 valence electrons. The molecule has 3 nitrogen and oxygen atoms in total. The van der Waals surface area contributed by atoms with Crippen molar-refractivity contribution in [2.45, 2.75) is 58.7 Å². The highest BCUT2D eigenvalue weighted by Crippen LogP contribution is 2.55. The maximum absolute atomic E-state index is 11.1. The Morgan fingerprint density at radius 1 is 1.59 bits per heavy atom. The van der Waals surface area contributed by atoms with E-state index < -0.39 is 0 Å². The van der Waals surface area contributed by atoms with Crippen molar-refractivity contribution in [1.82, 2.24) is 0 Å². The average Bonchev–Trinajstić information content (AvgIpc) is 2.49. The second-order valence-corrected chi connectivity index (χ2v) is 5.56. The number of carbonyl (C=O) groups is 1. The number of esters is 1. The predicted molar refractivity (Wildman–Crippen MR) is 65.4 cm³/mol. The van der Waals surface area contributed by atoms with Gasteiger partial charge in [-0.1, -0.05) is 13.0 Å². The Bertz CT molecular complexity index is 347. The van der Waals surface area contributed by atoms with E-state index in [0.717, 1.165) is 31.3 Å². The van der Waals surface area contributed by atoms with Gasteiger partial charge in [0.1, 0.15) is 6.10 Å². The number of fused-ring (bicyclic) bond motifs is 1. The standard InChI is InChI=1S/C14H22O3/c1-4-10-12(16)8-11-13(17-9(2)15)6-5-7-14(10,11)3/h4,11-13,16H,5-8H2,1-3H3/t11-,12-,13-,14+/m0/s1. The van der Waals surface area contributed by atoms with Gasteiger partial charge in [-0.15, -0.1) is 0 Å². The Balaban J connectivity index is 2.26. The lowest BCUT2D eigenvalue weighted by atomic mass is 9.66. The smallest absolute Gasteiger partial charge is 0.302 e. The van der Waals surface area contributed by atoms with Crippen LogP contribution in [0.2, 0.25) is 0 Å². The summed E-state index contributed by atoms with van der Waals surface area (Å²) in [7, 11) is 0. The molecule has 2 fully saturated rings. The first-order chi connectivity index (χ1) is 7.99. The molecule has 3 heteroatoms. The molecule has 0 aliphatic heterocycles. The lowest BCUT2D eigenvalue weighted by Crippen LogP contribution is -2.39. The predicted octanol–water partition coefficient (Wildman–Crippen LogP) is 2.44. The lowest BCUT2D eigenvalue weighted by molar-refractivity contribution is -0.153. The van der Waals surface area contributed by atoms with Gasteiger partial charge in [-0.3, -0.25) is 4.79 Å². The molecule has 1 N–H and O–H groups in total. The number of aliphatic hydroxyl groups excluding tert-OH is 1. The van der Waals surface area contributed by atoms with E-state index in [2.05, 4.69) is 6.92 Å². The zero-order chi connectivity index (χ0) is 12.6. The number of hydrogen-bond donors (Lipinski definition) is 1. The molecule has 2 rings (SSSR count). The van der Waals surface area contributed by atoms with Gasteiger partial charge in [0.2, 0.25) is 0 Å². The van der Waals surface area contributed by atoms with E-state index in [1.165, 1.54) is 6.92 Å². The molecule has 0 heterocycles. The van der Waals surface area contributed by atoms with E-state index in [1.54, 1.807) is 0 Å². The highest BCUT2D eigenvalue weighted by atomic mass is 16.5. The van der Waals surface area contributed by atoms with E-state index in [0.29, 0.717) is 0 Å². The minimum absolute atomic E-state index is 0.0154. The molecule has 4 atom stereocenters. The summed E-state index contributed by atoms with van der Waals surface area (Å²) in [5, 5.41) is 10.1. The molecule has 0 aromatic rings. The molecule has 2 aliphatic rings.